The molecular weight excluding hydrogens is 330 g/mol. The number of halogens is 2. The van der Waals surface area contributed by atoms with E-state index in [-0.39, 0.29) is 12.5 Å². The summed E-state index contributed by atoms with van der Waals surface area (Å²) in [4.78, 5) is 16.4. The van der Waals surface area contributed by atoms with Crippen molar-refractivity contribution in [1.29, 1.82) is 0 Å². The van der Waals surface area contributed by atoms with E-state index in [1.807, 2.05) is 22.8 Å². The summed E-state index contributed by atoms with van der Waals surface area (Å²) >= 11 is 9.34. The highest BCUT2D eigenvalue weighted by molar-refractivity contribution is 9.10. The van der Waals surface area contributed by atoms with Gasteiger partial charge in [0.05, 0.1) is 16.9 Å². The molecule has 1 N–H and O–H groups in total. The molecule has 1 fully saturated rings. The first-order chi connectivity index (χ1) is 9.17. The van der Waals surface area contributed by atoms with Crippen molar-refractivity contribution in [2.45, 2.75) is 31.3 Å². The number of nitrogens with zero attached hydrogens (tertiary/aromatic N) is 2. The number of amides is 1. The Labute approximate surface area is 124 Å². The van der Waals surface area contributed by atoms with Gasteiger partial charge in [-0.2, -0.15) is 0 Å². The second-order valence-electron chi connectivity index (χ2n) is 4.72. The number of carbonyl (C=O) groups is 1. The van der Waals surface area contributed by atoms with E-state index >= 15 is 0 Å². The first-order valence-electron chi connectivity index (χ1n) is 6.17. The van der Waals surface area contributed by atoms with Crippen LogP contribution in [0.25, 0.3) is 11.0 Å². The molecule has 19 heavy (non-hydrogen) atoms. The van der Waals surface area contributed by atoms with Crippen LogP contribution in [0.3, 0.4) is 0 Å². The predicted molar refractivity (Wildman–Crippen MR) is 78.2 cm³/mol. The number of benzene rings is 1. The molecule has 6 heteroatoms. The molecule has 0 atom stereocenters. The molecule has 3 rings (SSSR count). The van der Waals surface area contributed by atoms with E-state index in [1.54, 1.807) is 0 Å². The number of imidazole rings is 1. The molecule has 100 valence electrons. The quantitative estimate of drug-likeness (QED) is 0.869. The molecule has 4 nitrogen and oxygen atoms in total. The van der Waals surface area contributed by atoms with Crippen LogP contribution in [-0.4, -0.2) is 21.5 Å². The van der Waals surface area contributed by atoms with E-state index in [0.29, 0.717) is 11.9 Å². The highest BCUT2D eigenvalue weighted by atomic mass is 79.9. The van der Waals surface area contributed by atoms with Gasteiger partial charge in [0.25, 0.3) is 0 Å². The smallest absolute Gasteiger partial charge is 0.240 e. The highest BCUT2D eigenvalue weighted by Crippen LogP contribution is 2.22. The summed E-state index contributed by atoms with van der Waals surface area (Å²) in [6.45, 7) is 0.274. The summed E-state index contributed by atoms with van der Waals surface area (Å²) in [6.07, 6.45) is 2.18. The fraction of sp³-hybridized carbons (Fsp3) is 0.385. The molecule has 1 aliphatic rings. The summed E-state index contributed by atoms with van der Waals surface area (Å²) in [7, 11) is 0. The van der Waals surface area contributed by atoms with Gasteiger partial charge in [0.15, 0.2) is 0 Å². The van der Waals surface area contributed by atoms with Gasteiger partial charge in [-0.25, -0.2) is 4.98 Å². The normalized spacial score (nSPS) is 14.8. The van der Waals surface area contributed by atoms with E-state index in [0.717, 1.165) is 34.2 Å². The van der Waals surface area contributed by atoms with Gasteiger partial charge in [-0.3, -0.25) is 4.79 Å². The second-order valence-corrected chi connectivity index (χ2v) is 5.91. The Balaban J connectivity index is 1.93. The van der Waals surface area contributed by atoms with Gasteiger partial charge in [0.1, 0.15) is 12.4 Å². The number of carbonyl (C=O) groups excluding carboxylic acids is 1. The third-order valence-corrected chi connectivity index (χ3v) is 3.89. The lowest BCUT2D eigenvalue weighted by atomic mass is 10.3. The van der Waals surface area contributed by atoms with Crippen LogP contribution in [0.15, 0.2) is 22.7 Å². The maximum Gasteiger partial charge on any atom is 0.240 e. The van der Waals surface area contributed by atoms with Gasteiger partial charge in [0, 0.05) is 10.5 Å². The Hall–Kier alpha value is -1.07. The van der Waals surface area contributed by atoms with Crippen LogP contribution in [0.5, 0.6) is 0 Å². The minimum atomic E-state index is 0.0242. The van der Waals surface area contributed by atoms with Crippen molar-refractivity contribution in [3.8, 4) is 0 Å². The number of hydrogen-bond acceptors (Lipinski definition) is 2. The maximum absolute atomic E-state index is 11.9. The Bertz CT molecular complexity index is 636. The lowest BCUT2D eigenvalue weighted by molar-refractivity contribution is -0.121. The van der Waals surface area contributed by atoms with Crippen molar-refractivity contribution in [3.05, 3.63) is 28.5 Å². The van der Waals surface area contributed by atoms with Crippen molar-refractivity contribution in [1.82, 2.24) is 14.9 Å². The molecule has 1 aliphatic carbocycles. The van der Waals surface area contributed by atoms with Crippen LogP contribution < -0.4 is 5.32 Å². The Morgan fingerprint density at radius 1 is 1.53 bits per heavy atom. The minimum Gasteiger partial charge on any atom is -0.352 e. The van der Waals surface area contributed by atoms with E-state index < -0.39 is 0 Å². The number of rotatable bonds is 4. The van der Waals surface area contributed by atoms with Gasteiger partial charge in [-0.05, 0) is 31.0 Å². The summed E-state index contributed by atoms with van der Waals surface area (Å²) in [5.74, 6) is 1.04. The molecule has 0 bridgehead atoms. The number of fused-ring (bicyclic) bond motifs is 1. The van der Waals surface area contributed by atoms with Gasteiger partial charge < -0.3 is 9.88 Å². The van der Waals surface area contributed by atoms with E-state index in [1.165, 1.54) is 0 Å². The summed E-state index contributed by atoms with van der Waals surface area (Å²) in [6, 6.07) is 6.20. The fourth-order valence-corrected chi connectivity index (χ4v) is 2.63. The van der Waals surface area contributed by atoms with Gasteiger partial charge >= 0.3 is 0 Å². The van der Waals surface area contributed by atoms with Crippen molar-refractivity contribution >= 4 is 44.5 Å². The average molecular weight is 343 g/mol. The summed E-state index contributed by atoms with van der Waals surface area (Å²) in [5.41, 5.74) is 1.79. The monoisotopic (exact) mass is 341 g/mol. The average Bonchev–Trinajstić information content (AvgIpc) is 3.11. The highest BCUT2D eigenvalue weighted by Gasteiger charge is 2.24. The van der Waals surface area contributed by atoms with Crippen LogP contribution in [0.4, 0.5) is 0 Å². The molecule has 0 saturated heterocycles. The zero-order chi connectivity index (χ0) is 13.4. The maximum atomic E-state index is 11.9. The zero-order valence-corrected chi connectivity index (χ0v) is 12.5. The first-order valence-corrected chi connectivity index (χ1v) is 7.50. The van der Waals surface area contributed by atoms with Crippen molar-refractivity contribution < 1.29 is 4.79 Å². The molecule has 2 aromatic rings. The number of hydrogen-bond donors (Lipinski definition) is 1. The first kappa shape index (κ1) is 12.9. The summed E-state index contributed by atoms with van der Waals surface area (Å²) < 4.78 is 2.85. The van der Waals surface area contributed by atoms with Crippen molar-refractivity contribution in [2.75, 3.05) is 0 Å². The fourth-order valence-electron chi connectivity index (χ4n) is 2.08. The van der Waals surface area contributed by atoms with Crippen LogP contribution in [0.1, 0.15) is 18.7 Å². The Kier molecular flexibility index (Phi) is 3.50. The topological polar surface area (TPSA) is 46.9 Å². The van der Waals surface area contributed by atoms with Gasteiger partial charge in [-0.1, -0.05) is 15.9 Å². The standard InChI is InChI=1S/C13H13BrClN3O/c14-8-1-4-11-10(5-8)17-12(6-15)18(11)7-13(19)16-9-2-3-9/h1,4-5,9H,2-3,6-7H2,(H,16,19). The second kappa shape index (κ2) is 5.13. The molecular formula is C13H13BrClN3O. The Morgan fingerprint density at radius 3 is 3.00 bits per heavy atom. The SMILES string of the molecule is O=C(Cn1c(CCl)nc2cc(Br)ccc21)NC1CC1. The largest absolute Gasteiger partial charge is 0.352 e. The van der Waals surface area contributed by atoms with E-state index in [2.05, 4.69) is 26.2 Å². The number of nitrogens with one attached hydrogen (secondary N) is 1. The van der Waals surface area contributed by atoms with Crippen LogP contribution in [0, 0.1) is 0 Å². The van der Waals surface area contributed by atoms with Crippen molar-refractivity contribution in [3.63, 3.8) is 0 Å². The molecule has 1 amide bonds. The summed E-state index contributed by atoms with van der Waals surface area (Å²) in [5, 5.41) is 2.98. The molecule has 1 aromatic heterocycles. The lowest BCUT2D eigenvalue weighted by Gasteiger charge is -2.08. The molecule has 1 heterocycles. The zero-order valence-electron chi connectivity index (χ0n) is 10.2. The molecule has 0 spiro atoms. The van der Waals surface area contributed by atoms with E-state index in [9.17, 15) is 4.79 Å². The van der Waals surface area contributed by atoms with Crippen LogP contribution >= 0.6 is 27.5 Å². The van der Waals surface area contributed by atoms with Crippen LogP contribution in [-0.2, 0) is 17.2 Å². The molecule has 0 aliphatic heterocycles. The molecule has 1 saturated carbocycles. The third kappa shape index (κ3) is 2.77. The predicted octanol–water partition coefficient (Wildman–Crippen LogP) is 2.82. The van der Waals surface area contributed by atoms with Crippen LogP contribution in [0.2, 0.25) is 0 Å². The molecule has 0 unspecified atom stereocenters. The van der Waals surface area contributed by atoms with Gasteiger partial charge in [0.2, 0.25) is 5.91 Å². The molecule has 0 radical (unpaired) electrons. The van der Waals surface area contributed by atoms with Crippen molar-refractivity contribution in [2.24, 2.45) is 0 Å². The number of alkyl halides is 1. The number of aromatic nitrogens is 2. The Morgan fingerprint density at radius 2 is 2.32 bits per heavy atom. The van der Waals surface area contributed by atoms with Gasteiger partial charge in [-0.15, -0.1) is 11.6 Å². The lowest BCUT2D eigenvalue weighted by Crippen LogP contribution is -2.29. The molecule has 1 aromatic carbocycles. The third-order valence-electron chi connectivity index (χ3n) is 3.15. The minimum absolute atomic E-state index is 0.0242. The van der Waals surface area contributed by atoms with E-state index in [4.69, 9.17) is 11.6 Å².